The molecule has 98 valence electrons. The highest BCUT2D eigenvalue weighted by Gasteiger charge is 2.09. The quantitative estimate of drug-likeness (QED) is 0.597. The number of anilines is 2. The Morgan fingerprint density at radius 3 is 2.47 bits per heavy atom. The molecule has 0 aliphatic heterocycles. The molecule has 1 aromatic carbocycles. The Morgan fingerprint density at radius 1 is 1.11 bits per heavy atom. The van der Waals surface area contributed by atoms with E-state index in [1.54, 1.807) is 18.2 Å². The van der Waals surface area contributed by atoms with Crippen LogP contribution in [-0.4, -0.2) is 16.1 Å². The van der Waals surface area contributed by atoms with Gasteiger partial charge in [0.2, 0.25) is 0 Å². The summed E-state index contributed by atoms with van der Waals surface area (Å²) in [4.78, 5) is 11.9. The lowest BCUT2D eigenvalue weighted by Gasteiger charge is -2.05. The van der Waals surface area contributed by atoms with Crippen LogP contribution in [0.3, 0.4) is 0 Å². The molecule has 6 nitrogen and oxygen atoms in total. The van der Waals surface area contributed by atoms with Crippen LogP contribution < -0.4 is 16.6 Å². The van der Waals surface area contributed by atoms with Gasteiger partial charge >= 0.3 is 0 Å². The van der Waals surface area contributed by atoms with Crippen molar-refractivity contribution < 1.29 is 4.79 Å². The van der Waals surface area contributed by atoms with E-state index < -0.39 is 5.91 Å². The molecule has 0 radical (unpaired) electrons. The molecule has 0 unspecified atom stereocenters. The molecule has 0 aliphatic rings. The van der Waals surface area contributed by atoms with Gasteiger partial charge in [-0.1, -0.05) is 23.2 Å². The van der Waals surface area contributed by atoms with Crippen molar-refractivity contribution in [2.75, 3.05) is 10.7 Å². The van der Waals surface area contributed by atoms with Gasteiger partial charge in [-0.25, -0.2) is 5.84 Å². The average molecular weight is 298 g/mol. The minimum atomic E-state index is -0.408. The highest BCUT2D eigenvalue weighted by molar-refractivity contribution is 6.42. The van der Waals surface area contributed by atoms with Gasteiger partial charge in [0.25, 0.3) is 5.91 Å². The third-order valence-electron chi connectivity index (χ3n) is 2.22. The second-order valence-corrected chi connectivity index (χ2v) is 4.35. The van der Waals surface area contributed by atoms with Gasteiger partial charge in [0, 0.05) is 5.69 Å². The first-order valence-corrected chi connectivity index (χ1v) is 5.92. The molecule has 0 saturated heterocycles. The number of nitrogens with two attached hydrogens (primary N) is 1. The molecule has 0 spiro atoms. The number of rotatable bonds is 3. The summed E-state index contributed by atoms with van der Waals surface area (Å²) in [5, 5.41) is 10.8. The zero-order valence-electron chi connectivity index (χ0n) is 9.52. The van der Waals surface area contributed by atoms with Gasteiger partial charge in [-0.05, 0) is 30.3 Å². The predicted octanol–water partition coefficient (Wildman–Crippen LogP) is 2.32. The molecule has 8 heteroatoms. The van der Waals surface area contributed by atoms with Crippen molar-refractivity contribution in [3.05, 3.63) is 46.1 Å². The van der Waals surface area contributed by atoms with Gasteiger partial charge in [-0.3, -0.25) is 4.79 Å². The summed E-state index contributed by atoms with van der Waals surface area (Å²) in [6, 6.07) is 7.80. The van der Waals surface area contributed by atoms with Gasteiger partial charge in [-0.15, -0.1) is 10.2 Å². The molecule has 0 aliphatic carbocycles. The monoisotopic (exact) mass is 297 g/mol. The number of carbonyl (C=O) groups excluding carboxylic acids is 1. The number of aromatic nitrogens is 2. The summed E-state index contributed by atoms with van der Waals surface area (Å²) < 4.78 is 0. The molecule has 0 atom stereocenters. The van der Waals surface area contributed by atoms with Crippen molar-refractivity contribution in [1.29, 1.82) is 0 Å². The maximum Gasteiger partial charge on any atom is 0.276 e. The van der Waals surface area contributed by atoms with E-state index in [9.17, 15) is 4.79 Å². The van der Waals surface area contributed by atoms with Crippen molar-refractivity contribution in [3.8, 4) is 0 Å². The highest BCUT2D eigenvalue weighted by Crippen LogP contribution is 2.25. The molecular formula is C11H9Cl2N5O. The van der Waals surface area contributed by atoms with Gasteiger partial charge < -0.3 is 10.7 Å². The Balaban J connectivity index is 2.13. The van der Waals surface area contributed by atoms with Crippen molar-refractivity contribution in [2.45, 2.75) is 0 Å². The number of halogens is 2. The summed E-state index contributed by atoms with van der Waals surface area (Å²) in [5.74, 6) is 5.11. The topological polar surface area (TPSA) is 92.9 Å². The Labute approximate surface area is 118 Å². The second kappa shape index (κ2) is 5.83. The van der Waals surface area contributed by atoms with Crippen LogP contribution in [0.5, 0.6) is 0 Å². The molecule has 4 N–H and O–H groups in total. The maximum absolute atomic E-state index is 11.9. The van der Waals surface area contributed by atoms with Crippen molar-refractivity contribution in [3.63, 3.8) is 0 Å². The summed E-state index contributed by atoms with van der Waals surface area (Å²) in [5.41, 5.74) is 2.99. The van der Waals surface area contributed by atoms with Crippen LogP contribution in [0, 0.1) is 0 Å². The van der Waals surface area contributed by atoms with E-state index in [1.165, 1.54) is 12.1 Å². The number of nitrogens with one attached hydrogen (secondary N) is 2. The Hall–Kier alpha value is -1.89. The van der Waals surface area contributed by atoms with Crippen LogP contribution in [0.2, 0.25) is 10.0 Å². The number of nitrogen functional groups attached to an aromatic ring is 1. The number of amides is 1. The minimum Gasteiger partial charge on any atom is -0.321 e. The second-order valence-electron chi connectivity index (χ2n) is 3.53. The zero-order valence-corrected chi connectivity index (χ0v) is 11.0. The third kappa shape index (κ3) is 3.31. The zero-order chi connectivity index (χ0) is 13.8. The van der Waals surface area contributed by atoms with Gasteiger partial charge in [-0.2, -0.15) is 0 Å². The molecular weight excluding hydrogens is 289 g/mol. The van der Waals surface area contributed by atoms with Gasteiger partial charge in [0.05, 0.1) is 10.0 Å². The van der Waals surface area contributed by atoms with E-state index in [4.69, 9.17) is 29.0 Å². The summed E-state index contributed by atoms with van der Waals surface area (Å²) in [7, 11) is 0. The number of nitrogens with zero attached hydrogens (tertiary/aromatic N) is 2. The number of carbonyl (C=O) groups is 1. The smallest absolute Gasteiger partial charge is 0.276 e. The van der Waals surface area contributed by atoms with Crippen LogP contribution in [0.25, 0.3) is 0 Å². The number of hydrogen-bond acceptors (Lipinski definition) is 5. The van der Waals surface area contributed by atoms with E-state index in [-0.39, 0.29) is 5.69 Å². The lowest BCUT2D eigenvalue weighted by Crippen LogP contribution is -2.16. The maximum atomic E-state index is 11.9. The fraction of sp³-hybridized carbons (Fsp3) is 0. The fourth-order valence-corrected chi connectivity index (χ4v) is 1.60. The van der Waals surface area contributed by atoms with Crippen LogP contribution in [-0.2, 0) is 0 Å². The molecule has 0 fully saturated rings. The standard InChI is InChI=1S/C11H9Cl2N5O/c12-7-2-1-6(5-8(7)13)15-11(19)9-3-4-10(16-14)18-17-9/h1-5H,14H2,(H,15,19)(H,16,18). The van der Waals surface area contributed by atoms with Crippen LogP contribution >= 0.6 is 23.2 Å². The molecule has 19 heavy (non-hydrogen) atoms. The summed E-state index contributed by atoms with van der Waals surface area (Å²) in [6.07, 6.45) is 0. The molecule has 0 saturated carbocycles. The first kappa shape index (κ1) is 13.5. The third-order valence-corrected chi connectivity index (χ3v) is 2.96. The van der Waals surface area contributed by atoms with Crippen molar-refractivity contribution in [2.24, 2.45) is 5.84 Å². The first-order valence-electron chi connectivity index (χ1n) is 5.17. The van der Waals surface area contributed by atoms with Crippen LogP contribution in [0.15, 0.2) is 30.3 Å². The lowest BCUT2D eigenvalue weighted by molar-refractivity contribution is 0.102. The van der Waals surface area contributed by atoms with E-state index >= 15 is 0 Å². The molecule has 0 bridgehead atoms. The number of hydrogen-bond donors (Lipinski definition) is 3. The SMILES string of the molecule is NNc1ccc(C(=O)Nc2ccc(Cl)c(Cl)c2)nn1. The average Bonchev–Trinajstić information content (AvgIpc) is 2.43. The summed E-state index contributed by atoms with van der Waals surface area (Å²) in [6.45, 7) is 0. The van der Waals surface area contributed by atoms with E-state index in [0.29, 0.717) is 21.6 Å². The number of benzene rings is 1. The van der Waals surface area contributed by atoms with Gasteiger partial charge in [0.1, 0.15) is 0 Å². The highest BCUT2D eigenvalue weighted by atomic mass is 35.5. The van der Waals surface area contributed by atoms with Gasteiger partial charge in [0.15, 0.2) is 11.5 Å². The largest absolute Gasteiger partial charge is 0.321 e. The summed E-state index contributed by atoms with van der Waals surface area (Å²) >= 11 is 11.6. The van der Waals surface area contributed by atoms with Crippen molar-refractivity contribution in [1.82, 2.24) is 10.2 Å². The Morgan fingerprint density at radius 2 is 1.89 bits per heavy atom. The van der Waals surface area contributed by atoms with E-state index in [2.05, 4.69) is 20.9 Å². The van der Waals surface area contributed by atoms with E-state index in [0.717, 1.165) is 0 Å². The first-order chi connectivity index (χ1) is 9.10. The number of hydrazine groups is 1. The fourth-order valence-electron chi connectivity index (χ4n) is 1.30. The molecule has 1 aromatic heterocycles. The van der Waals surface area contributed by atoms with Crippen LogP contribution in [0.1, 0.15) is 10.5 Å². The predicted molar refractivity (Wildman–Crippen MR) is 74.3 cm³/mol. The Kier molecular flexibility index (Phi) is 4.16. The molecule has 1 amide bonds. The van der Waals surface area contributed by atoms with Crippen molar-refractivity contribution >= 4 is 40.6 Å². The normalized spacial score (nSPS) is 10.1. The molecule has 2 aromatic rings. The Bertz CT molecular complexity index is 603. The lowest BCUT2D eigenvalue weighted by atomic mass is 10.3. The van der Waals surface area contributed by atoms with Crippen LogP contribution in [0.4, 0.5) is 11.5 Å². The molecule has 2 rings (SSSR count). The van der Waals surface area contributed by atoms with E-state index in [1.807, 2.05) is 0 Å². The minimum absolute atomic E-state index is 0.157. The molecule has 1 heterocycles.